The molecule has 0 atom stereocenters. The average molecular weight is 277 g/mol. The molecule has 1 fully saturated rings. The van der Waals surface area contributed by atoms with Crippen molar-refractivity contribution >= 4 is 17.0 Å². The number of ether oxygens (including phenoxy) is 1. The molecule has 3 rings (SSSR count). The van der Waals surface area contributed by atoms with E-state index in [9.17, 15) is 4.39 Å². The Labute approximate surface area is 117 Å². The molecule has 1 aromatic carbocycles. The van der Waals surface area contributed by atoms with Crippen LogP contribution in [0.5, 0.6) is 5.75 Å². The predicted molar refractivity (Wildman–Crippen MR) is 77.2 cm³/mol. The molecule has 4 nitrogen and oxygen atoms in total. The number of rotatable bonds is 4. The predicted octanol–water partition coefficient (Wildman–Crippen LogP) is 3.35. The SMILES string of the molecule is CCC1(Cn2c(N)nc3cc(F)c(OC)cc32)CCC1. The van der Waals surface area contributed by atoms with Crippen molar-refractivity contribution < 1.29 is 9.13 Å². The lowest BCUT2D eigenvalue weighted by Crippen LogP contribution is -2.33. The Morgan fingerprint density at radius 2 is 2.20 bits per heavy atom. The molecular weight excluding hydrogens is 257 g/mol. The first-order valence-corrected chi connectivity index (χ1v) is 7.08. The summed E-state index contributed by atoms with van der Waals surface area (Å²) in [6.45, 7) is 3.06. The third-order valence-corrected chi connectivity index (χ3v) is 4.71. The molecule has 1 aliphatic carbocycles. The Kier molecular flexibility index (Phi) is 3.07. The monoisotopic (exact) mass is 277 g/mol. The third-order valence-electron chi connectivity index (χ3n) is 4.71. The molecule has 1 saturated carbocycles. The fourth-order valence-corrected chi connectivity index (χ4v) is 3.10. The van der Waals surface area contributed by atoms with E-state index in [4.69, 9.17) is 10.5 Å². The quantitative estimate of drug-likeness (QED) is 0.932. The van der Waals surface area contributed by atoms with E-state index < -0.39 is 5.82 Å². The fourth-order valence-electron chi connectivity index (χ4n) is 3.10. The number of anilines is 1. The average Bonchev–Trinajstić information content (AvgIpc) is 2.67. The molecule has 20 heavy (non-hydrogen) atoms. The van der Waals surface area contributed by atoms with Gasteiger partial charge in [0.15, 0.2) is 11.6 Å². The summed E-state index contributed by atoms with van der Waals surface area (Å²) in [5.74, 6) is 0.281. The number of hydrogen-bond donors (Lipinski definition) is 1. The van der Waals surface area contributed by atoms with Crippen LogP contribution in [0.15, 0.2) is 12.1 Å². The normalized spacial score (nSPS) is 17.1. The Hall–Kier alpha value is -1.78. The van der Waals surface area contributed by atoms with Crippen molar-refractivity contribution in [1.29, 1.82) is 0 Å². The van der Waals surface area contributed by atoms with E-state index in [0.717, 1.165) is 18.5 Å². The maximum atomic E-state index is 13.7. The Morgan fingerprint density at radius 1 is 1.45 bits per heavy atom. The van der Waals surface area contributed by atoms with E-state index >= 15 is 0 Å². The molecule has 1 aliphatic rings. The smallest absolute Gasteiger partial charge is 0.201 e. The van der Waals surface area contributed by atoms with Gasteiger partial charge in [0.05, 0.1) is 18.1 Å². The number of fused-ring (bicyclic) bond motifs is 1. The van der Waals surface area contributed by atoms with Gasteiger partial charge in [-0.1, -0.05) is 13.3 Å². The fraction of sp³-hybridized carbons (Fsp3) is 0.533. The summed E-state index contributed by atoms with van der Waals surface area (Å²) >= 11 is 0. The first-order valence-electron chi connectivity index (χ1n) is 7.08. The number of methoxy groups -OCH3 is 1. The van der Waals surface area contributed by atoms with Crippen molar-refractivity contribution in [3.05, 3.63) is 17.9 Å². The standard InChI is InChI=1S/C15H20FN3O/c1-3-15(5-4-6-15)9-19-12-8-13(20-2)10(16)7-11(12)18-14(19)17/h7-8H,3-6,9H2,1-2H3,(H2,17,18). The molecule has 0 amide bonds. The summed E-state index contributed by atoms with van der Waals surface area (Å²) in [4.78, 5) is 4.27. The Morgan fingerprint density at radius 3 is 2.75 bits per heavy atom. The highest BCUT2D eigenvalue weighted by Gasteiger charge is 2.36. The molecule has 0 spiro atoms. The lowest BCUT2D eigenvalue weighted by atomic mass is 9.67. The zero-order valence-electron chi connectivity index (χ0n) is 11.9. The van der Waals surface area contributed by atoms with Gasteiger partial charge in [-0.3, -0.25) is 0 Å². The molecule has 0 aliphatic heterocycles. The zero-order chi connectivity index (χ0) is 14.3. The van der Waals surface area contributed by atoms with Crippen molar-refractivity contribution in [3.63, 3.8) is 0 Å². The topological polar surface area (TPSA) is 53.1 Å². The second-order valence-corrected chi connectivity index (χ2v) is 5.74. The molecular formula is C15H20FN3O. The summed E-state index contributed by atoms with van der Waals surface area (Å²) in [6, 6.07) is 3.08. The third kappa shape index (κ3) is 1.92. The van der Waals surface area contributed by atoms with Gasteiger partial charge in [-0.2, -0.15) is 0 Å². The molecule has 1 aromatic heterocycles. The first-order chi connectivity index (χ1) is 9.58. The van der Waals surface area contributed by atoms with Crippen LogP contribution in [0.2, 0.25) is 0 Å². The van der Waals surface area contributed by atoms with Crippen molar-refractivity contribution in [2.24, 2.45) is 5.41 Å². The molecule has 1 heterocycles. The van der Waals surface area contributed by atoms with Crippen LogP contribution in [0.1, 0.15) is 32.6 Å². The minimum absolute atomic E-state index is 0.234. The summed E-state index contributed by atoms with van der Waals surface area (Å²) < 4.78 is 20.8. The van der Waals surface area contributed by atoms with Crippen LogP contribution < -0.4 is 10.5 Å². The number of nitrogens with zero attached hydrogens (tertiary/aromatic N) is 2. The Balaban J connectivity index is 2.07. The number of nitrogen functional groups attached to an aromatic ring is 1. The van der Waals surface area contributed by atoms with E-state index in [1.165, 1.54) is 32.4 Å². The molecule has 5 heteroatoms. The minimum atomic E-state index is -0.404. The highest BCUT2D eigenvalue weighted by atomic mass is 19.1. The van der Waals surface area contributed by atoms with Crippen molar-refractivity contribution in [1.82, 2.24) is 9.55 Å². The number of nitrogens with two attached hydrogens (primary N) is 1. The van der Waals surface area contributed by atoms with Crippen molar-refractivity contribution in [2.45, 2.75) is 39.2 Å². The van der Waals surface area contributed by atoms with Gasteiger partial charge < -0.3 is 15.0 Å². The molecule has 0 saturated heterocycles. The van der Waals surface area contributed by atoms with Gasteiger partial charge in [0.1, 0.15) is 0 Å². The summed E-state index contributed by atoms with van der Waals surface area (Å²) in [7, 11) is 1.47. The van der Waals surface area contributed by atoms with Gasteiger partial charge in [-0.25, -0.2) is 9.37 Å². The van der Waals surface area contributed by atoms with Crippen LogP contribution in [0.25, 0.3) is 11.0 Å². The Bertz CT molecular complexity index is 641. The number of halogens is 1. The van der Waals surface area contributed by atoms with E-state index in [0.29, 0.717) is 16.9 Å². The van der Waals surface area contributed by atoms with Crippen molar-refractivity contribution in [3.8, 4) is 5.75 Å². The molecule has 0 bridgehead atoms. The van der Waals surface area contributed by atoms with E-state index in [-0.39, 0.29) is 5.75 Å². The summed E-state index contributed by atoms with van der Waals surface area (Å²) in [5, 5.41) is 0. The zero-order valence-corrected chi connectivity index (χ0v) is 11.9. The first kappa shape index (κ1) is 13.2. The highest BCUT2D eigenvalue weighted by molar-refractivity contribution is 5.80. The van der Waals surface area contributed by atoms with Gasteiger partial charge in [-0.05, 0) is 24.7 Å². The van der Waals surface area contributed by atoms with Crippen LogP contribution in [0.4, 0.5) is 10.3 Å². The van der Waals surface area contributed by atoms with Crippen LogP contribution in [0.3, 0.4) is 0 Å². The maximum Gasteiger partial charge on any atom is 0.201 e. The molecule has 0 radical (unpaired) electrons. The van der Waals surface area contributed by atoms with E-state index in [2.05, 4.69) is 11.9 Å². The number of imidazole rings is 1. The molecule has 0 unspecified atom stereocenters. The van der Waals surface area contributed by atoms with Crippen LogP contribution in [-0.2, 0) is 6.54 Å². The lowest BCUT2D eigenvalue weighted by molar-refractivity contribution is 0.103. The van der Waals surface area contributed by atoms with Gasteiger partial charge in [0, 0.05) is 18.7 Å². The highest BCUT2D eigenvalue weighted by Crippen LogP contribution is 2.46. The number of aromatic nitrogens is 2. The minimum Gasteiger partial charge on any atom is -0.494 e. The molecule has 2 aromatic rings. The van der Waals surface area contributed by atoms with Crippen LogP contribution in [0, 0.1) is 11.2 Å². The number of hydrogen-bond acceptors (Lipinski definition) is 3. The largest absolute Gasteiger partial charge is 0.494 e. The van der Waals surface area contributed by atoms with Gasteiger partial charge >= 0.3 is 0 Å². The number of benzene rings is 1. The van der Waals surface area contributed by atoms with Gasteiger partial charge in [0.2, 0.25) is 5.95 Å². The summed E-state index contributed by atoms with van der Waals surface area (Å²) in [6.07, 6.45) is 4.85. The second-order valence-electron chi connectivity index (χ2n) is 5.74. The maximum absolute atomic E-state index is 13.7. The summed E-state index contributed by atoms with van der Waals surface area (Å²) in [5.41, 5.74) is 7.78. The van der Waals surface area contributed by atoms with E-state index in [1.807, 2.05) is 4.57 Å². The molecule has 2 N–H and O–H groups in total. The lowest BCUT2D eigenvalue weighted by Gasteiger charge is -2.41. The van der Waals surface area contributed by atoms with Crippen molar-refractivity contribution in [2.75, 3.05) is 12.8 Å². The molecule has 108 valence electrons. The van der Waals surface area contributed by atoms with Gasteiger partial charge in [-0.15, -0.1) is 0 Å². The van der Waals surface area contributed by atoms with Gasteiger partial charge in [0.25, 0.3) is 0 Å². The van der Waals surface area contributed by atoms with Crippen LogP contribution >= 0.6 is 0 Å². The van der Waals surface area contributed by atoms with Crippen LogP contribution in [-0.4, -0.2) is 16.7 Å². The second kappa shape index (κ2) is 4.65. The van der Waals surface area contributed by atoms with E-state index in [1.54, 1.807) is 6.07 Å².